The van der Waals surface area contributed by atoms with E-state index in [4.69, 9.17) is 5.26 Å². The zero-order chi connectivity index (χ0) is 13.2. The van der Waals surface area contributed by atoms with E-state index in [1.54, 1.807) is 6.07 Å². The van der Waals surface area contributed by atoms with Gasteiger partial charge in [-0.1, -0.05) is 13.3 Å². The van der Waals surface area contributed by atoms with Crippen molar-refractivity contribution in [3.8, 4) is 6.07 Å². The van der Waals surface area contributed by atoms with Gasteiger partial charge in [0.1, 0.15) is 11.0 Å². The summed E-state index contributed by atoms with van der Waals surface area (Å²) in [7, 11) is -3.63. The average Bonchev–Trinajstić information content (AvgIpc) is 3.07. The molecule has 1 aliphatic rings. The van der Waals surface area contributed by atoms with Crippen molar-refractivity contribution in [2.24, 2.45) is 5.92 Å². The Morgan fingerprint density at radius 3 is 3.06 bits per heavy atom. The third kappa shape index (κ3) is 2.68. The molecule has 1 aliphatic carbocycles. The van der Waals surface area contributed by atoms with Crippen molar-refractivity contribution in [3.05, 3.63) is 24.0 Å². The molecule has 0 aliphatic heterocycles. The first-order chi connectivity index (χ1) is 8.58. The minimum atomic E-state index is -3.63. The second-order valence-corrected chi connectivity index (χ2v) is 6.16. The molecule has 1 heterocycles. The van der Waals surface area contributed by atoms with Gasteiger partial charge in [0.25, 0.3) is 0 Å². The van der Waals surface area contributed by atoms with Crippen LogP contribution in [0.25, 0.3) is 0 Å². The maximum absolute atomic E-state index is 12.1. The Balaban J connectivity index is 2.15. The molecular weight excluding hydrogens is 250 g/mol. The van der Waals surface area contributed by atoms with Gasteiger partial charge < -0.3 is 0 Å². The number of rotatable bonds is 5. The first-order valence-corrected chi connectivity index (χ1v) is 7.44. The van der Waals surface area contributed by atoms with Gasteiger partial charge in [-0.2, -0.15) is 5.26 Å². The van der Waals surface area contributed by atoms with Crippen molar-refractivity contribution in [2.75, 3.05) is 0 Å². The summed E-state index contributed by atoms with van der Waals surface area (Å²) in [5.41, 5.74) is -0.0577. The zero-order valence-corrected chi connectivity index (χ0v) is 10.9. The lowest BCUT2D eigenvalue weighted by Crippen LogP contribution is -2.28. The highest BCUT2D eigenvalue weighted by molar-refractivity contribution is 7.89. The van der Waals surface area contributed by atoms with Crippen molar-refractivity contribution < 1.29 is 8.42 Å². The molecule has 1 N–H and O–H groups in total. The molecule has 0 spiro atoms. The molecule has 0 bridgehead atoms. The van der Waals surface area contributed by atoms with Crippen molar-refractivity contribution in [3.63, 3.8) is 0 Å². The molecule has 1 saturated carbocycles. The normalized spacial score (nSPS) is 22.4. The largest absolute Gasteiger partial charge is 0.244 e. The standard InChI is InChI=1S/C12H15N3O2S/c1-2-4-9-7-10(9)15-18(16,17)12-5-3-6-14-11(12)8-13/h3,5-6,9-10,15H,2,4,7H2,1H3. The molecular formula is C12H15N3O2S. The number of hydrogen-bond donors (Lipinski definition) is 1. The molecule has 0 radical (unpaired) electrons. The fraction of sp³-hybridized carbons (Fsp3) is 0.500. The summed E-state index contributed by atoms with van der Waals surface area (Å²) in [6.45, 7) is 2.08. The summed E-state index contributed by atoms with van der Waals surface area (Å²) in [5.74, 6) is 0.437. The number of nitrogens with one attached hydrogen (secondary N) is 1. The van der Waals surface area contributed by atoms with E-state index in [0.29, 0.717) is 5.92 Å². The third-order valence-electron chi connectivity index (χ3n) is 3.05. The van der Waals surface area contributed by atoms with Crippen LogP contribution < -0.4 is 4.72 Å². The fourth-order valence-electron chi connectivity index (χ4n) is 2.04. The van der Waals surface area contributed by atoms with Crippen LogP contribution in [0.5, 0.6) is 0 Å². The summed E-state index contributed by atoms with van der Waals surface area (Å²) in [6, 6.07) is 4.74. The van der Waals surface area contributed by atoms with Gasteiger partial charge in [-0.25, -0.2) is 18.1 Å². The molecule has 0 amide bonds. The molecule has 2 unspecified atom stereocenters. The Morgan fingerprint density at radius 1 is 1.61 bits per heavy atom. The van der Waals surface area contributed by atoms with Crippen molar-refractivity contribution >= 4 is 10.0 Å². The molecule has 96 valence electrons. The Bertz CT molecular complexity index is 577. The highest BCUT2D eigenvalue weighted by Crippen LogP contribution is 2.35. The molecule has 5 nitrogen and oxygen atoms in total. The van der Waals surface area contributed by atoms with Crippen LogP contribution in [0, 0.1) is 17.2 Å². The molecule has 6 heteroatoms. The molecule has 1 fully saturated rings. The van der Waals surface area contributed by atoms with Crippen LogP contribution in [0.15, 0.2) is 23.2 Å². The summed E-state index contributed by atoms with van der Waals surface area (Å²) in [6.07, 6.45) is 4.38. The molecule has 18 heavy (non-hydrogen) atoms. The van der Waals surface area contributed by atoms with E-state index in [9.17, 15) is 8.42 Å². The Kier molecular flexibility index (Phi) is 3.64. The van der Waals surface area contributed by atoms with Crippen LogP contribution in [-0.2, 0) is 10.0 Å². The second-order valence-electron chi connectivity index (χ2n) is 4.47. The summed E-state index contributed by atoms with van der Waals surface area (Å²) < 4.78 is 26.9. The van der Waals surface area contributed by atoms with Gasteiger partial charge >= 0.3 is 0 Å². The van der Waals surface area contributed by atoms with E-state index >= 15 is 0 Å². The van der Waals surface area contributed by atoms with Crippen LogP contribution in [-0.4, -0.2) is 19.4 Å². The average molecular weight is 265 g/mol. The van der Waals surface area contributed by atoms with Crippen LogP contribution in [0.4, 0.5) is 0 Å². The van der Waals surface area contributed by atoms with E-state index in [1.807, 2.05) is 0 Å². The highest BCUT2D eigenvalue weighted by Gasteiger charge is 2.39. The molecule has 2 rings (SSSR count). The first kappa shape index (κ1) is 13.0. The number of nitrogens with zero attached hydrogens (tertiary/aromatic N) is 2. The number of aromatic nitrogens is 1. The predicted molar refractivity (Wildman–Crippen MR) is 66.1 cm³/mol. The monoisotopic (exact) mass is 265 g/mol. The van der Waals surface area contributed by atoms with Gasteiger partial charge in [0.05, 0.1) is 0 Å². The van der Waals surface area contributed by atoms with Crippen LogP contribution in [0.3, 0.4) is 0 Å². The maximum atomic E-state index is 12.1. The van der Waals surface area contributed by atoms with Gasteiger partial charge in [-0.3, -0.25) is 0 Å². The lowest BCUT2D eigenvalue weighted by atomic mass is 10.2. The number of pyridine rings is 1. The quantitative estimate of drug-likeness (QED) is 0.872. The summed E-state index contributed by atoms with van der Waals surface area (Å²) in [5, 5.41) is 8.86. The molecule has 0 aromatic carbocycles. The van der Waals surface area contributed by atoms with E-state index in [0.717, 1.165) is 19.3 Å². The number of hydrogen-bond acceptors (Lipinski definition) is 4. The lowest BCUT2D eigenvalue weighted by molar-refractivity contribution is 0.572. The Hall–Kier alpha value is -1.45. The van der Waals surface area contributed by atoms with Gasteiger partial charge in [-0.15, -0.1) is 0 Å². The predicted octanol–water partition coefficient (Wildman–Crippen LogP) is 1.42. The van der Waals surface area contributed by atoms with E-state index in [-0.39, 0.29) is 16.6 Å². The van der Waals surface area contributed by atoms with Crippen LogP contribution >= 0.6 is 0 Å². The van der Waals surface area contributed by atoms with Crippen LogP contribution in [0.1, 0.15) is 31.9 Å². The summed E-state index contributed by atoms with van der Waals surface area (Å²) in [4.78, 5) is 3.73. The molecule has 1 aromatic rings. The van der Waals surface area contributed by atoms with Crippen molar-refractivity contribution in [2.45, 2.75) is 37.1 Å². The number of nitriles is 1. The highest BCUT2D eigenvalue weighted by atomic mass is 32.2. The SMILES string of the molecule is CCCC1CC1NS(=O)(=O)c1cccnc1C#N. The Labute approximate surface area is 107 Å². The third-order valence-corrected chi connectivity index (χ3v) is 4.58. The smallest absolute Gasteiger partial charge is 0.243 e. The topological polar surface area (TPSA) is 82.8 Å². The minimum absolute atomic E-state index is 0.0155. The Morgan fingerprint density at radius 2 is 2.39 bits per heavy atom. The van der Waals surface area contributed by atoms with Crippen molar-refractivity contribution in [1.29, 1.82) is 5.26 Å². The van der Waals surface area contributed by atoms with E-state index < -0.39 is 10.0 Å². The molecule has 1 aromatic heterocycles. The van der Waals surface area contributed by atoms with Gasteiger partial charge in [-0.05, 0) is 30.9 Å². The second kappa shape index (κ2) is 5.04. The lowest BCUT2D eigenvalue weighted by Gasteiger charge is -2.06. The van der Waals surface area contributed by atoms with Gasteiger partial charge in [0.2, 0.25) is 10.0 Å². The molecule has 2 atom stereocenters. The van der Waals surface area contributed by atoms with E-state index in [2.05, 4.69) is 16.6 Å². The van der Waals surface area contributed by atoms with Gasteiger partial charge in [0, 0.05) is 12.2 Å². The first-order valence-electron chi connectivity index (χ1n) is 5.96. The van der Waals surface area contributed by atoms with Crippen molar-refractivity contribution in [1.82, 2.24) is 9.71 Å². The minimum Gasteiger partial charge on any atom is -0.244 e. The number of sulfonamides is 1. The maximum Gasteiger partial charge on any atom is 0.243 e. The van der Waals surface area contributed by atoms with E-state index in [1.165, 1.54) is 18.3 Å². The summed E-state index contributed by atoms with van der Waals surface area (Å²) >= 11 is 0. The fourth-order valence-corrected chi connectivity index (χ4v) is 3.46. The van der Waals surface area contributed by atoms with Gasteiger partial charge in [0.15, 0.2) is 5.69 Å². The zero-order valence-electron chi connectivity index (χ0n) is 10.1. The van der Waals surface area contributed by atoms with Crippen LogP contribution in [0.2, 0.25) is 0 Å². The molecule has 0 saturated heterocycles.